The minimum Gasteiger partial charge on any atom is -0.360 e. The lowest BCUT2D eigenvalue weighted by Crippen LogP contribution is -2.52. The van der Waals surface area contributed by atoms with Gasteiger partial charge in [0.15, 0.2) is 5.96 Å². The molecule has 0 aliphatic carbocycles. The molecule has 118 valence electrons. The predicted octanol–water partition coefficient (Wildman–Crippen LogP) is 3.02. The van der Waals surface area contributed by atoms with Crippen LogP contribution in [0.5, 0.6) is 0 Å². The maximum atomic E-state index is 4.44. The maximum absolute atomic E-state index is 4.44. The molecule has 0 saturated carbocycles. The summed E-state index contributed by atoms with van der Waals surface area (Å²) in [7, 11) is 1.87. The van der Waals surface area contributed by atoms with Gasteiger partial charge in [0.25, 0.3) is 0 Å². The molecule has 1 aliphatic heterocycles. The van der Waals surface area contributed by atoms with Gasteiger partial charge in [0, 0.05) is 43.0 Å². The summed E-state index contributed by atoms with van der Waals surface area (Å²) < 4.78 is 0. The summed E-state index contributed by atoms with van der Waals surface area (Å²) in [6.45, 7) is 7.14. The standard InChI is InChI=1S/C16H22N4S2/c1-13-5-6-14(22-13)12-18-16(17-2)20-9-7-19(8-10-20)15-4-3-11-21-15/h3-6,11H,7-10,12H2,1-2H3,(H,17,18). The van der Waals surface area contributed by atoms with Crippen LogP contribution in [0, 0.1) is 6.92 Å². The van der Waals surface area contributed by atoms with E-state index < -0.39 is 0 Å². The van der Waals surface area contributed by atoms with Crippen molar-refractivity contribution < 1.29 is 0 Å². The molecule has 4 nitrogen and oxygen atoms in total. The monoisotopic (exact) mass is 334 g/mol. The molecule has 1 saturated heterocycles. The van der Waals surface area contributed by atoms with Crippen LogP contribution < -0.4 is 10.2 Å². The number of hydrogen-bond donors (Lipinski definition) is 1. The minimum atomic E-state index is 0.857. The van der Waals surface area contributed by atoms with Gasteiger partial charge in [0.2, 0.25) is 0 Å². The van der Waals surface area contributed by atoms with Crippen LogP contribution in [-0.4, -0.2) is 44.1 Å². The number of aryl methyl sites for hydroxylation is 1. The van der Waals surface area contributed by atoms with E-state index >= 15 is 0 Å². The SMILES string of the molecule is CN=C(NCc1ccc(C)s1)N1CCN(c2cccs2)CC1. The highest BCUT2D eigenvalue weighted by Gasteiger charge is 2.20. The van der Waals surface area contributed by atoms with Crippen molar-refractivity contribution in [2.24, 2.45) is 4.99 Å². The average molecular weight is 335 g/mol. The summed E-state index contributed by atoms with van der Waals surface area (Å²) in [5.74, 6) is 1.01. The third-order valence-electron chi connectivity index (χ3n) is 3.83. The second-order valence-electron chi connectivity index (χ2n) is 5.34. The summed E-state index contributed by atoms with van der Waals surface area (Å²) in [6, 6.07) is 8.68. The highest BCUT2D eigenvalue weighted by Crippen LogP contribution is 2.22. The lowest BCUT2D eigenvalue weighted by molar-refractivity contribution is 0.373. The molecule has 0 bridgehead atoms. The number of thiophene rings is 2. The Morgan fingerprint density at radius 1 is 1.23 bits per heavy atom. The Balaban J connectivity index is 1.52. The van der Waals surface area contributed by atoms with Gasteiger partial charge in [0.05, 0.1) is 11.5 Å². The topological polar surface area (TPSA) is 30.9 Å². The van der Waals surface area contributed by atoms with Crippen molar-refractivity contribution in [3.05, 3.63) is 39.4 Å². The first-order valence-electron chi connectivity index (χ1n) is 7.55. The van der Waals surface area contributed by atoms with Gasteiger partial charge in [-0.25, -0.2) is 0 Å². The highest BCUT2D eigenvalue weighted by atomic mass is 32.1. The quantitative estimate of drug-likeness (QED) is 0.691. The molecular formula is C16H22N4S2. The summed E-state index contributed by atoms with van der Waals surface area (Å²) in [5, 5.41) is 7.00. The molecule has 0 atom stereocenters. The zero-order valence-electron chi connectivity index (χ0n) is 13.1. The van der Waals surface area contributed by atoms with Gasteiger partial charge in [0.1, 0.15) is 0 Å². The third kappa shape index (κ3) is 3.62. The van der Waals surface area contributed by atoms with Crippen molar-refractivity contribution >= 4 is 33.6 Å². The minimum absolute atomic E-state index is 0.857. The molecule has 1 fully saturated rings. The fraction of sp³-hybridized carbons (Fsp3) is 0.438. The van der Waals surface area contributed by atoms with Crippen LogP contribution in [0.15, 0.2) is 34.6 Å². The van der Waals surface area contributed by atoms with E-state index in [0.717, 1.165) is 38.7 Å². The Labute approximate surface area is 140 Å². The fourth-order valence-corrected chi connectivity index (χ4v) is 4.28. The van der Waals surface area contributed by atoms with Crippen molar-refractivity contribution in [3.8, 4) is 0 Å². The largest absolute Gasteiger partial charge is 0.360 e. The van der Waals surface area contributed by atoms with Crippen molar-refractivity contribution in [2.75, 3.05) is 38.1 Å². The molecule has 0 amide bonds. The number of guanidine groups is 1. The van der Waals surface area contributed by atoms with E-state index in [1.807, 2.05) is 29.7 Å². The molecule has 2 aromatic heterocycles. The Kier molecular flexibility index (Phi) is 5.00. The average Bonchev–Trinajstić information content (AvgIpc) is 3.20. The smallest absolute Gasteiger partial charge is 0.194 e. The van der Waals surface area contributed by atoms with E-state index in [-0.39, 0.29) is 0 Å². The molecule has 0 unspecified atom stereocenters. The molecule has 6 heteroatoms. The van der Waals surface area contributed by atoms with E-state index in [1.54, 1.807) is 0 Å². The molecule has 2 aromatic rings. The molecule has 0 spiro atoms. The van der Waals surface area contributed by atoms with E-state index in [4.69, 9.17) is 0 Å². The first kappa shape index (κ1) is 15.4. The van der Waals surface area contributed by atoms with Crippen LogP contribution in [0.3, 0.4) is 0 Å². The van der Waals surface area contributed by atoms with Gasteiger partial charge >= 0.3 is 0 Å². The first-order valence-corrected chi connectivity index (χ1v) is 9.25. The molecule has 0 aromatic carbocycles. The Morgan fingerprint density at radius 3 is 2.64 bits per heavy atom. The van der Waals surface area contributed by atoms with Crippen molar-refractivity contribution in [3.63, 3.8) is 0 Å². The second kappa shape index (κ2) is 7.15. The van der Waals surface area contributed by atoms with Crippen LogP contribution >= 0.6 is 22.7 Å². The predicted molar refractivity (Wildman–Crippen MR) is 97.4 cm³/mol. The Bertz CT molecular complexity index is 610. The fourth-order valence-electron chi connectivity index (χ4n) is 2.67. The zero-order valence-corrected chi connectivity index (χ0v) is 14.7. The van der Waals surface area contributed by atoms with Gasteiger partial charge in [-0.2, -0.15) is 0 Å². The number of rotatable bonds is 3. The lowest BCUT2D eigenvalue weighted by Gasteiger charge is -2.37. The maximum Gasteiger partial charge on any atom is 0.194 e. The normalized spacial score (nSPS) is 16.2. The van der Waals surface area contributed by atoms with Gasteiger partial charge in [-0.15, -0.1) is 22.7 Å². The van der Waals surface area contributed by atoms with Crippen LogP contribution in [0.4, 0.5) is 5.00 Å². The molecule has 1 N–H and O–H groups in total. The number of nitrogens with one attached hydrogen (secondary N) is 1. The van der Waals surface area contributed by atoms with Gasteiger partial charge in [-0.05, 0) is 36.6 Å². The summed E-state index contributed by atoms with van der Waals surface area (Å²) >= 11 is 3.66. The number of anilines is 1. The summed E-state index contributed by atoms with van der Waals surface area (Å²) in [5.41, 5.74) is 0. The summed E-state index contributed by atoms with van der Waals surface area (Å²) in [4.78, 5) is 12.0. The van der Waals surface area contributed by atoms with Gasteiger partial charge in [-0.3, -0.25) is 4.99 Å². The van der Waals surface area contributed by atoms with Gasteiger partial charge < -0.3 is 15.1 Å². The van der Waals surface area contributed by atoms with Crippen molar-refractivity contribution in [2.45, 2.75) is 13.5 Å². The number of nitrogens with zero attached hydrogens (tertiary/aromatic N) is 3. The van der Waals surface area contributed by atoms with Crippen LogP contribution in [-0.2, 0) is 6.54 Å². The molecular weight excluding hydrogens is 312 g/mol. The third-order valence-corrected chi connectivity index (χ3v) is 5.76. The van der Waals surface area contributed by atoms with Gasteiger partial charge in [-0.1, -0.05) is 0 Å². The number of hydrogen-bond acceptors (Lipinski definition) is 4. The Hall–Kier alpha value is -1.53. The molecule has 3 rings (SSSR count). The highest BCUT2D eigenvalue weighted by molar-refractivity contribution is 7.14. The zero-order chi connectivity index (χ0) is 15.4. The molecule has 22 heavy (non-hydrogen) atoms. The van der Waals surface area contributed by atoms with Crippen LogP contribution in [0.25, 0.3) is 0 Å². The summed E-state index contributed by atoms with van der Waals surface area (Å²) in [6.07, 6.45) is 0. The second-order valence-corrected chi connectivity index (χ2v) is 7.64. The van der Waals surface area contributed by atoms with E-state index in [0.29, 0.717) is 0 Å². The molecule has 3 heterocycles. The lowest BCUT2D eigenvalue weighted by atomic mass is 10.3. The first-order chi connectivity index (χ1) is 10.8. The van der Waals surface area contributed by atoms with Crippen LogP contribution in [0.2, 0.25) is 0 Å². The van der Waals surface area contributed by atoms with Crippen molar-refractivity contribution in [1.82, 2.24) is 10.2 Å². The van der Waals surface area contributed by atoms with E-state index in [9.17, 15) is 0 Å². The van der Waals surface area contributed by atoms with E-state index in [1.165, 1.54) is 14.8 Å². The van der Waals surface area contributed by atoms with E-state index in [2.05, 4.69) is 56.7 Å². The molecule has 0 radical (unpaired) electrons. The van der Waals surface area contributed by atoms with Crippen molar-refractivity contribution in [1.29, 1.82) is 0 Å². The number of piperazine rings is 1. The molecule has 1 aliphatic rings. The van der Waals surface area contributed by atoms with Crippen LogP contribution in [0.1, 0.15) is 9.75 Å². The number of aliphatic imine (C=N–C) groups is 1. The Morgan fingerprint density at radius 2 is 2.05 bits per heavy atom.